The van der Waals surface area contributed by atoms with Crippen LogP contribution < -0.4 is 5.32 Å². The molecule has 30 heavy (non-hydrogen) atoms. The van der Waals surface area contributed by atoms with E-state index in [1.807, 2.05) is 30.0 Å². The molecule has 3 rings (SSSR count). The zero-order valence-corrected chi connectivity index (χ0v) is 18.5. The fourth-order valence-electron chi connectivity index (χ4n) is 3.59. The molecule has 0 radical (unpaired) electrons. The molecule has 6 nitrogen and oxygen atoms in total. The van der Waals surface area contributed by atoms with E-state index in [0.717, 1.165) is 30.6 Å². The van der Waals surface area contributed by atoms with Crippen LogP contribution in [0, 0.1) is 12.8 Å². The highest BCUT2D eigenvalue weighted by Crippen LogP contribution is 2.22. The van der Waals surface area contributed by atoms with E-state index in [0.29, 0.717) is 29.7 Å². The average Bonchev–Trinajstić information content (AvgIpc) is 2.99. The highest BCUT2D eigenvalue weighted by Gasteiger charge is 2.23. The predicted octanol–water partition coefficient (Wildman–Crippen LogP) is 3.94. The highest BCUT2D eigenvalue weighted by molar-refractivity contribution is 6.31. The van der Waals surface area contributed by atoms with Crippen molar-refractivity contribution in [3.05, 3.63) is 58.4 Å². The topological polar surface area (TPSA) is 67.2 Å². The summed E-state index contributed by atoms with van der Waals surface area (Å²) in [6.45, 7) is 8.08. The summed E-state index contributed by atoms with van der Waals surface area (Å²) in [7, 11) is 0. The van der Waals surface area contributed by atoms with Gasteiger partial charge in [-0.1, -0.05) is 43.6 Å². The maximum absolute atomic E-state index is 12.6. The van der Waals surface area contributed by atoms with Gasteiger partial charge in [-0.15, -0.1) is 0 Å². The third kappa shape index (κ3) is 5.51. The van der Waals surface area contributed by atoms with Crippen LogP contribution >= 0.6 is 11.6 Å². The Morgan fingerprint density at radius 1 is 1.23 bits per heavy atom. The number of hydrogen-bond acceptors (Lipinski definition) is 3. The maximum Gasteiger partial charge on any atom is 0.251 e. The number of nitrogens with one attached hydrogen (secondary N) is 1. The summed E-state index contributed by atoms with van der Waals surface area (Å²) in [5, 5.41) is 8.10. The molecule has 1 aliphatic heterocycles. The molecular formula is C23H29ClN4O2. The first-order chi connectivity index (χ1) is 14.3. The van der Waals surface area contributed by atoms with Crippen LogP contribution in [0.4, 0.5) is 0 Å². The molecule has 0 spiro atoms. The largest absolute Gasteiger partial charge is 0.349 e. The van der Waals surface area contributed by atoms with Crippen LogP contribution in [0.15, 0.2) is 36.4 Å². The fourth-order valence-corrected chi connectivity index (χ4v) is 3.89. The number of piperidine rings is 1. The number of carbonyl (C=O) groups is 2. The molecule has 0 bridgehead atoms. The van der Waals surface area contributed by atoms with Crippen molar-refractivity contribution in [2.45, 2.75) is 46.2 Å². The Balaban J connectivity index is 1.53. The van der Waals surface area contributed by atoms with Crippen LogP contribution in [0.3, 0.4) is 0 Å². The molecule has 1 N–H and O–H groups in total. The van der Waals surface area contributed by atoms with Gasteiger partial charge in [-0.25, -0.2) is 0 Å². The number of aromatic nitrogens is 2. The van der Waals surface area contributed by atoms with Gasteiger partial charge in [0.05, 0.1) is 5.69 Å². The zero-order valence-electron chi connectivity index (χ0n) is 17.8. The first-order valence-corrected chi connectivity index (χ1v) is 10.8. The van der Waals surface area contributed by atoms with Crippen molar-refractivity contribution in [2.75, 3.05) is 13.1 Å². The first kappa shape index (κ1) is 22.1. The highest BCUT2D eigenvalue weighted by atomic mass is 35.5. The van der Waals surface area contributed by atoms with E-state index >= 15 is 0 Å². The molecule has 1 fully saturated rings. The second-order valence-corrected chi connectivity index (χ2v) is 8.50. The average molecular weight is 429 g/mol. The zero-order chi connectivity index (χ0) is 21.7. The van der Waals surface area contributed by atoms with Crippen LogP contribution in [0.25, 0.3) is 6.08 Å². The number of rotatable bonds is 6. The number of likely N-dealkylation sites (tertiary alicyclic amines) is 1. The van der Waals surface area contributed by atoms with Crippen molar-refractivity contribution < 1.29 is 9.59 Å². The third-order valence-electron chi connectivity index (χ3n) is 5.22. The number of halogens is 1. The monoisotopic (exact) mass is 428 g/mol. The van der Waals surface area contributed by atoms with Crippen LogP contribution in [0.5, 0.6) is 0 Å². The van der Waals surface area contributed by atoms with Gasteiger partial charge in [0.1, 0.15) is 5.15 Å². The minimum Gasteiger partial charge on any atom is -0.349 e. The van der Waals surface area contributed by atoms with E-state index < -0.39 is 0 Å². The molecule has 2 heterocycles. The molecule has 7 heteroatoms. The van der Waals surface area contributed by atoms with Gasteiger partial charge in [-0.2, -0.15) is 5.10 Å². The van der Waals surface area contributed by atoms with Crippen molar-refractivity contribution in [1.29, 1.82) is 0 Å². The number of benzene rings is 1. The van der Waals surface area contributed by atoms with Gasteiger partial charge in [0.15, 0.2) is 0 Å². The van der Waals surface area contributed by atoms with Gasteiger partial charge >= 0.3 is 0 Å². The Hall–Kier alpha value is -2.60. The Labute approximate surface area is 182 Å². The molecule has 0 unspecified atom stereocenters. The summed E-state index contributed by atoms with van der Waals surface area (Å²) >= 11 is 6.45. The van der Waals surface area contributed by atoms with E-state index in [1.54, 1.807) is 29.0 Å². The molecule has 1 aliphatic rings. The summed E-state index contributed by atoms with van der Waals surface area (Å²) in [6, 6.07) is 9.27. The van der Waals surface area contributed by atoms with Gasteiger partial charge in [0.2, 0.25) is 5.91 Å². The number of carbonyl (C=O) groups excluding carboxylic acids is 2. The van der Waals surface area contributed by atoms with Crippen molar-refractivity contribution in [3.63, 3.8) is 0 Å². The van der Waals surface area contributed by atoms with E-state index in [9.17, 15) is 9.59 Å². The summed E-state index contributed by atoms with van der Waals surface area (Å²) in [5.41, 5.74) is 2.26. The number of aryl methyl sites for hydroxylation is 1. The van der Waals surface area contributed by atoms with Gasteiger partial charge in [-0.3, -0.25) is 14.3 Å². The molecule has 2 aromatic rings. The number of nitrogens with zero attached hydrogens (tertiary/aromatic N) is 3. The third-order valence-corrected chi connectivity index (χ3v) is 5.62. The summed E-state index contributed by atoms with van der Waals surface area (Å²) in [5.74, 6) is 0.322. The SMILES string of the molecule is Cc1nn(CC(C)C)c(Cl)c1/C=C/C(=O)N1CCC(NC(=O)c2ccccc2)CC1. The van der Waals surface area contributed by atoms with Crippen LogP contribution in [-0.2, 0) is 11.3 Å². The molecule has 1 saturated heterocycles. The van der Waals surface area contributed by atoms with Gasteiger partial charge < -0.3 is 10.2 Å². The molecule has 0 aliphatic carbocycles. The van der Waals surface area contributed by atoms with Gasteiger partial charge in [0.25, 0.3) is 5.91 Å². The molecule has 0 atom stereocenters. The van der Waals surface area contributed by atoms with Crippen molar-refractivity contribution >= 4 is 29.5 Å². The standard InChI is InChI=1S/C23H29ClN4O2/c1-16(2)15-28-22(24)20(17(3)26-28)9-10-21(29)27-13-11-19(12-14-27)25-23(30)18-7-5-4-6-8-18/h4-10,16,19H,11-15H2,1-3H3,(H,25,30)/b10-9+. The smallest absolute Gasteiger partial charge is 0.251 e. The van der Waals surface area contributed by atoms with Gasteiger partial charge in [0, 0.05) is 42.9 Å². The minimum absolute atomic E-state index is 0.0464. The Morgan fingerprint density at radius 3 is 2.53 bits per heavy atom. The lowest BCUT2D eigenvalue weighted by Gasteiger charge is -2.31. The van der Waals surface area contributed by atoms with Gasteiger partial charge in [-0.05, 0) is 43.9 Å². The van der Waals surface area contributed by atoms with E-state index in [1.165, 1.54) is 0 Å². The van der Waals surface area contributed by atoms with Crippen LogP contribution in [-0.4, -0.2) is 45.6 Å². The Kier molecular flexibility index (Phi) is 7.32. The summed E-state index contributed by atoms with van der Waals surface area (Å²) < 4.78 is 1.78. The van der Waals surface area contributed by atoms with Crippen molar-refractivity contribution in [3.8, 4) is 0 Å². The quantitative estimate of drug-likeness (QED) is 0.708. The predicted molar refractivity (Wildman–Crippen MR) is 119 cm³/mol. The Bertz CT molecular complexity index is 913. The summed E-state index contributed by atoms with van der Waals surface area (Å²) in [4.78, 5) is 26.7. The lowest BCUT2D eigenvalue weighted by molar-refractivity contribution is -0.126. The van der Waals surface area contributed by atoms with Crippen molar-refractivity contribution in [2.24, 2.45) is 5.92 Å². The number of hydrogen-bond donors (Lipinski definition) is 1. The van der Waals surface area contributed by atoms with Crippen molar-refractivity contribution in [1.82, 2.24) is 20.0 Å². The van der Waals surface area contributed by atoms with E-state index in [-0.39, 0.29) is 17.9 Å². The minimum atomic E-state index is -0.0659. The van der Waals surface area contributed by atoms with Crippen LogP contribution in [0.2, 0.25) is 5.15 Å². The van der Waals surface area contributed by atoms with E-state index in [2.05, 4.69) is 24.3 Å². The van der Waals surface area contributed by atoms with Crippen LogP contribution in [0.1, 0.15) is 48.3 Å². The second kappa shape index (κ2) is 9.94. The molecule has 1 aromatic heterocycles. The molecule has 1 aromatic carbocycles. The summed E-state index contributed by atoms with van der Waals surface area (Å²) in [6.07, 6.45) is 4.81. The molecule has 2 amide bonds. The molecule has 160 valence electrons. The lowest BCUT2D eigenvalue weighted by atomic mass is 10.0. The lowest BCUT2D eigenvalue weighted by Crippen LogP contribution is -2.46. The maximum atomic E-state index is 12.6. The number of amides is 2. The normalized spacial score (nSPS) is 15.2. The van der Waals surface area contributed by atoms with E-state index in [4.69, 9.17) is 11.6 Å². The fraction of sp³-hybridized carbons (Fsp3) is 0.435. The molecule has 0 saturated carbocycles. The first-order valence-electron chi connectivity index (χ1n) is 10.4. The second-order valence-electron chi connectivity index (χ2n) is 8.14. The Morgan fingerprint density at radius 2 is 1.90 bits per heavy atom. The molecular weight excluding hydrogens is 400 g/mol.